The maximum atomic E-state index is 12.1. The van der Waals surface area contributed by atoms with Gasteiger partial charge < -0.3 is 9.47 Å². The van der Waals surface area contributed by atoms with Crippen molar-refractivity contribution in [2.75, 3.05) is 14.2 Å². The second-order valence-corrected chi connectivity index (χ2v) is 6.57. The fourth-order valence-electron chi connectivity index (χ4n) is 1.41. The summed E-state index contributed by atoms with van der Waals surface area (Å²) in [7, 11) is -0.552. The van der Waals surface area contributed by atoms with Gasteiger partial charge in [-0.15, -0.1) is 4.37 Å². The molecule has 0 saturated carbocycles. The highest BCUT2D eigenvalue weighted by molar-refractivity contribution is 7.92. The van der Waals surface area contributed by atoms with Crippen LogP contribution in [-0.4, -0.2) is 32.0 Å². The van der Waals surface area contributed by atoms with Crippen LogP contribution in [0.5, 0.6) is 11.8 Å². The van der Waals surface area contributed by atoms with Gasteiger partial charge in [-0.05, 0) is 17.7 Å². The molecule has 2 aromatic rings. The van der Waals surface area contributed by atoms with Crippen LogP contribution in [0.1, 0.15) is 5.56 Å². The Balaban J connectivity index is 2.20. The Bertz CT molecular complexity index is 650. The van der Waals surface area contributed by atoms with Gasteiger partial charge in [0.15, 0.2) is 0 Å². The van der Waals surface area contributed by atoms with Crippen LogP contribution in [0, 0.1) is 0 Å². The average molecular weight is 300 g/mol. The minimum atomic E-state index is -3.50. The van der Waals surface area contributed by atoms with Crippen LogP contribution < -0.4 is 9.47 Å². The van der Waals surface area contributed by atoms with Crippen molar-refractivity contribution in [3.8, 4) is 11.8 Å². The van der Waals surface area contributed by atoms with Crippen molar-refractivity contribution in [3.05, 3.63) is 29.8 Å². The molecular weight excluding hydrogens is 288 g/mol. The van der Waals surface area contributed by atoms with Crippen molar-refractivity contribution in [1.29, 1.82) is 0 Å². The highest BCUT2D eigenvalue weighted by atomic mass is 32.2. The first-order chi connectivity index (χ1) is 9.05. The Morgan fingerprint density at radius 1 is 1.16 bits per heavy atom. The molecule has 0 spiro atoms. The third kappa shape index (κ3) is 3.21. The van der Waals surface area contributed by atoms with Crippen molar-refractivity contribution in [2.45, 2.75) is 10.1 Å². The van der Waals surface area contributed by atoms with Gasteiger partial charge in [0, 0.05) is 11.5 Å². The Morgan fingerprint density at radius 3 is 2.37 bits per heavy atom. The molecule has 2 rings (SSSR count). The van der Waals surface area contributed by atoms with E-state index in [0.717, 1.165) is 11.5 Å². The highest BCUT2D eigenvalue weighted by Crippen LogP contribution is 2.21. The van der Waals surface area contributed by atoms with E-state index in [9.17, 15) is 8.42 Å². The van der Waals surface area contributed by atoms with E-state index >= 15 is 0 Å². The molecular formula is C11H12N2O4S2. The standard InChI is InChI=1S/C11H12N2O4S2/c1-16-9-5-3-8(4-6-9)7-19(14,15)11-12-10(17-2)13-18-11/h3-6H,7H2,1-2H3. The predicted octanol–water partition coefficient (Wildman–Crippen LogP) is 1.53. The number of ether oxygens (including phenoxy) is 2. The fraction of sp³-hybridized carbons (Fsp3) is 0.273. The lowest BCUT2D eigenvalue weighted by Crippen LogP contribution is -2.04. The van der Waals surface area contributed by atoms with E-state index in [2.05, 4.69) is 9.36 Å². The average Bonchev–Trinajstić information content (AvgIpc) is 2.89. The summed E-state index contributed by atoms with van der Waals surface area (Å²) >= 11 is 0.809. The Kier molecular flexibility index (Phi) is 4.01. The quantitative estimate of drug-likeness (QED) is 0.833. The highest BCUT2D eigenvalue weighted by Gasteiger charge is 2.21. The van der Waals surface area contributed by atoms with Crippen LogP contribution in [0.4, 0.5) is 0 Å². The molecule has 0 saturated heterocycles. The molecule has 8 heteroatoms. The molecule has 6 nitrogen and oxygen atoms in total. The first kappa shape index (κ1) is 13.8. The summed E-state index contributed by atoms with van der Waals surface area (Å²) in [5.74, 6) is 0.550. The number of sulfone groups is 1. The zero-order valence-corrected chi connectivity index (χ0v) is 12.0. The maximum absolute atomic E-state index is 12.1. The number of benzene rings is 1. The normalized spacial score (nSPS) is 11.3. The van der Waals surface area contributed by atoms with Crippen LogP contribution in [0.25, 0.3) is 0 Å². The smallest absolute Gasteiger partial charge is 0.329 e. The van der Waals surface area contributed by atoms with E-state index in [0.29, 0.717) is 11.3 Å². The van der Waals surface area contributed by atoms with Gasteiger partial charge in [0.1, 0.15) is 5.75 Å². The summed E-state index contributed by atoms with van der Waals surface area (Å²) in [5.41, 5.74) is 0.662. The SMILES string of the molecule is COc1ccc(CS(=O)(=O)c2nc(OC)ns2)cc1. The third-order valence-corrected chi connectivity index (χ3v) is 5.17. The minimum Gasteiger partial charge on any atom is -0.497 e. The lowest BCUT2D eigenvalue weighted by atomic mass is 10.2. The van der Waals surface area contributed by atoms with Gasteiger partial charge in [-0.3, -0.25) is 0 Å². The van der Waals surface area contributed by atoms with E-state index < -0.39 is 9.84 Å². The second kappa shape index (κ2) is 5.54. The Labute approximate surface area is 115 Å². The van der Waals surface area contributed by atoms with Gasteiger partial charge in [-0.2, -0.15) is 4.98 Å². The van der Waals surface area contributed by atoms with Gasteiger partial charge in [-0.25, -0.2) is 8.42 Å². The first-order valence-electron chi connectivity index (χ1n) is 5.28. The van der Waals surface area contributed by atoms with Crippen molar-refractivity contribution in [1.82, 2.24) is 9.36 Å². The fourth-order valence-corrected chi connectivity index (χ4v) is 3.51. The molecule has 0 atom stereocenters. The number of rotatable bonds is 5. The summed E-state index contributed by atoms with van der Waals surface area (Å²) in [6, 6.07) is 6.90. The molecule has 1 heterocycles. The van der Waals surface area contributed by atoms with Gasteiger partial charge in [0.25, 0.3) is 0 Å². The molecule has 0 aliphatic carbocycles. The summed E-state index contributed by atoms with van der Waals surface area (Å²) in [5, 5.41) is 0. The molecule has 1 aromatic carbocycles. The van der Waals surface area contributed by atoms with E-state index in [-0.39, 0.29) is 16.1 Å². The molecule has 0 fully saturated rings. The molecule has 0 N–H and O–H groups in total. The molecule has 0 unspecified atom stereocenters. The predicted molar refractivity (Wildman–Crippen MR) is 70.3 cm³/mol. The number of methoxy groups -OCH3 is 2. The third-order valence-electron chi connectivity index (χ3n) is 2.35. The Hall–Kier alpha value is -1.67. The van der Waals surface area contributed by atoms with Crippen molar-refractivity contribution in [2.24, 2.45) is 0 Å². The van der Waals surface area contributed by atoms with Crippen LogP contribution in [0.15, 0.2) is 28.6 Å². The number of hydrogen-bond donors (Lipinski definition) is 0. The van der Waals surface area contributed by atoms with Gasteiger partial charge in [0.05, 0.1) is 20.0 Å². The van der Waals surface area contributed by atoms with E-state index in [1.54, 1.807) is 31.4 Å². The van der Waals surface area contributed by atoms with Gasteiger partial charge in [0.2, 0.25) is 14.2 Å². The topological polar surface area (TPSA) is 78.4 Å². The molecule has 0 aliphatic heterocycles. The van der Waals surface area contributed by atoms with E-state index in [1.165, 1.54) is 7.11 Å². The summed E-state index contributed by atoms with van der Waals surface area (Å²) in [6.07, 6.45) is 0. The monoisotopic (exact) mass is 300 g/mol. The summed E-state index contributed by atoms with van der Waals surface area (Å²) < 4.78 is 37.7. The zero-order valence-electron chi connectivity index (χ0n) is 10.4. The summed E-state index contributed by atoms with van der Waals surface area (Å²) in [4.78, 5) is 3.80. The van der Waals surface area contributed by atoms with E-state index in [1.807, 2.05) is 0 Å². The molecule has 102 valence electrons. The summed E-state index contributed by atoms with van der Waals surface area (Å²) in [6.45, 7) is 0. The maximum Gasteiger partial charge on any atom is 0.329 e. The number of aromatic nitrogens is 2. The van der Waals surface area contributed by atoms with Crippen molar-refractivity contribution >= 4 is 21.4 Å². The molecule has 0 aliphatic rings. The van der Waals surface area contributed by atoms with Gasteiger partial charge in [-0.1, -0.05) is 12.1 Å². The van der Waals surface area contributed by atoms with E-state index in [4.69, 9.17) is 9.47 Å². The zero-order chi connectivity index (χ0) is 13.9. The largest absolute Gasteiger partial charge is 0.497 e. The molecule has 0 amide bonds. The van der Waals surface area contributed by atoms with Gasteiger partial charge >= 0.3 is 6.01 Å². The molecule has 0 bridgehead atoms. The van der Waals surface area contributed by atoms with Crippen LogP contribution in [0.3, 0.4) is 0 Å². The minimum absolute atomic E-state index is 0.0415. The first-order valence-corrected chi connectivity index (χ1v) is 7.71. The van der Waals surface area contributed by atoms with Crippen molar-refractivity contribution < 1.29 is 17.9 Å². The van der Waals surface area contributed by atoms with Crippen LogP contribution >= 0.6 is 11.5 Å². The lowest BCUT2D eigenvalue weighted by molar-refractivity contribution is 0.383. The molecule has 19 heavy (non-hydrogen) atoms. The second-order valence-electron chi connectivity index (χ2n) is 3.65. The lowest BCUT2D eigenvalue weighted by Gasteiger charge is -2.03. The molecule has 1 aromatic heterocycles. The Morgan fingerprint density at radius 2 is 1.84 bits per heavy atom. The van der Waals surface area contributed by atoms with Crippen LogP contribution in [0.2, 0.25) is 0 Å². The van der Waals surface area contributed by atoms with Crippen LogP contribution in [-0.2, 0) is 15.6 Å². The van der Waals surface area contributed by atoms with Crippen molar-refractivity contribution in [3.63, 3.8) is 0 Å². The number of nitrogens with zero attached hydrogens (tertiary/aromatic N) is 2. The molecule has 0 radical (unpaired) electrons. The number of hydrogen-bond acceptors (Lipinski definition) is 7.